The quantitative estimate of drug-likeness (QED) is 0.748. The Hall–Kier alpha value is -2.48. The SMILES string of the molecule is O=C(O)CCCc1csc(NC(=O)c2c[nH]ccc2=O)n1. The summed E-state index contributed by atoms with van der Waals surface area (Å²) in [6.45, 7) is 0. The van der Waals surface area contributed by atoms with Gasteiger partial charge >= 0.3 is 5.97 Å². The molecule has 2 aromatic heterocycles. The van der Waals surface area contributed by atoms with Crippen molar-refractivity contribution in [3.63, 3.8) is 0 Å². The van der Waals surface area contributed by atoms with Gasteiger partial charge in [0.25, 0.3) is 5.91 Å². The predicted octanol–water partition coefficient (Wildman–Crippen LogP) is 1.49. The fraction of sp³-hybridized carbons (Fsp3) is 0.231. The second-order valence-corrected chi connectivity index (χ2v) is 5.13. The molecule has 2 rings (SSSR count). The first kappa shape index (κ1) is 14.9. The molecule has 0 spiro atoms. The number of aryl methyl sites for hydroxylation is 1. The van der Waals surface area contributed by atoms with Gasteiger partial charge in [0.15, 0.2) is 10.6 Å². The summed E-state index contributed by atoms with van der Waals surface area (Å²) in [5.74, 6) is -1.37. The number of carbonyl (C=O) groups excluding carboxylic acids is 1. The van der Waals surface area contributed by atoms with Gasteiger partial charge in [-0.05, 0) is 12.8 Å². The lowest BCUT2D eigenvalue weighted by Crippen LogP contribution is -2.20. The monoisotopic (exact) mass is 307 g/mol. The summed E-state index contributed by atoms with van der Waals surface area (Å²) in [4.78, 5) is 40.7. The molecule has 0 saturated carbocycles. The van der Waals surface area contributed by atoms with Gasteiger partial charge in [-0.15, -0.1) is 11.3 Å². The van der Waals surface area contributed by atoms with E-state index < -0.39 is 11.9 Å². The van der Waals surface area contributed by atoms with Crippen molar-refractivity contribution in [3.05, 3.63) is 45.3 Å². The van der Waals surface area contributed by atoms with Crippen LogP contribution in [0.15, 0.2) is 28.6 Å². The lowest BCUT2D eigenvalue weighted by molar-refractivity contribution is -0.137. The van der Waals surface area contributed by atoms with Gasteiger partial charge in [-0.3, -0.25) is 19.7 Å². The van der Waals surface area contributed by atoms with E-state index in [1.807, 2.05) is 0 Å². The van der Waals surface area contributed by atoms with Crippen LogP contribution in [0.4, 0.5) is 5.13 Å². The highest BCUT2D eigenvalue weighted by Gasteiger charge is 2.12. The van der Waals surface area contributed by atoms with Crippen LogP contribution in [0.25, 0.3) is 0 Å². The number of rotatable bonds is 6. The Morgan fingerprint density at radius 1 is 1.43 bits per heavy atom. The number of hydrogen-bond donors (Lipinski definition) is 3. The standard InChI is InChI=1S/C13H13N3O4S/c17-10-4-5-14-6-9(10)12(20)16-13-15-8(7-21-13)2-1-3-11(18)19/h4-7H,1-3H2,(H,14,17)(H,18,19)(H,15,16,20). The van der Waals surface area contributed by atoms with Crippen LogP contribution in [0.5, 0.6) is 0 Å². The average molecular weight is 307 g/mol. The number of carboxylic acid groups (broad SMARTS) is 1. The fourth-order valence-electron chi connectivity index (χ4n) is 1.66. The summed E-state index contributed by atoms with van der Waals surface area (Å²) in [7, 11) is 0. The van der Waals surface area contributed by atoms with Gasteiger partial charge in [-0.25, -0.2) is 4.98 Å². The molecule has 0 atom stereocenters. The number of H-pyrrole nitrogens is 1. The Bertz CT molecular complexity index is 707. The number of nitrogens with zero attached hydrogens (tertiary/aromatic N) is 1. The number of aliphatic carboxylic acids is 1. The molecule has 0 aliphatic rings. The van der Waals surface area contributed by atoms with Crippen molar-refractivity contribution >= 4 is 28.3 Å². The lowest BCUT2D eigenvalue weighted by Gasteiger charge is -2.00. The summed E-state index contributed by atoms with van der Waals surface area (Å²) in [5, 5.41) is 13.3. The molecule has 0 unspecified atom stereocenters. The summed E-state index contributed by atoms with van der Waals surface area (Å²) in [6, 6.07) is 1.27. The van der Waals surface area contributed by atoms with Crippen LogP contribution in [0, 0.1) is 0 Å². The van der Waals surface area contributed by atoms with Gasteiger partial charge < -0.3 is 10.1 Å². The number of carboxylic acids is 1. The molecule has 110 valence electrons. The summed E-state index contributed by atoms with van der Waals surface area (Å²) < 4.78 is 0. The van der Waals surface area contributed by atoms with Crippen LogP contribution < -0.4 is 10.7 Å². The predicted molar refractivity (Wildman–Crippen MR) is 77.7 cm³/mol. The molecule has 21 heavy (non-hydrogen) atoms. The maximum absolute atomic E-state index is 11.9. The number of thiazole rings is 1. The highest BCUT2D eigenvalue weighted by molar-refractivity contribution is 7.13. The van der Waals surface area contributed by atoms with Crippen LogP contribution >= 0.6 is 11.3 Å². The van der Waals surface area contributed by atoms with Crippen molar-refractivity contribution in [1.29, 1.82) is 0 Å². The van der Waals surface area contributed by atoms with E-state index in [9.17, 15) is 14.4 Å². The van der Waals surface area contributed by atoms with Crippen molar-refractivity contribution in [1.82, 2.24) is 9.97 Å². The highest BCUT2D eigenvalue weighted by Crippen LogP contribution is 2.17. The number of carbonyl (C=O) groups is 2. The summed E-state index contributed by atoms with van der Waals surface area (Å²) in [6.07, 6.45) is 3.89. The third kappa shape index (κ3) is 4.25. The molecular weight excluding hydrogens is 294 g/mol. The smallest absolute Gasteiger partial charge is 0.303 e. The Morgan fingerprint density at radius 2 is 2.24 bits per heavy atom. The zero-order valence-corrected chi connectivity index (χ0v) is 11.8. The number of amides is 1. The Morgan fingerprint density at radius 3 is 2.95 bits per heavy atom. The maximum Gasteiger partial charge on any atom is 0.303 e. The maximum atomic E-state index is 11.9. The molecule has 7 nitrogen and oxygen atoms in total. The van der Waals surface area contributed by atoms with Crippen molar-refractivity contribution < 1.29 is 14.7 Å². The summed E-state index contributed by atoms with van der Waals surface area (Å²) in [5.41, 5.74) is 0.364. The number of aromatic amines is 1. The molecule has 0 aromatic carbocycles. The van der Waals surface area contributed by atoms with Gasteiger partial charge in [0.1, 0.15) is 5.56 Å². The molecule has 0 aliphatic heterocycles. The number of pyridine rings is 1. The third-order valence-electron chi connectivity index (χ3n) is 2.66. The Labute approximate surface area is 123 Å². The van der Waals surface area contributed by atoms with E-state index in [-0.39, 0.29) is 17.4 Å². The number of aromatic nitrogens is 2. The molecule has 2 aromatic rings. The minimum absolute atomic E-state index is 0.0140. The summed E-state index contributed by atoms with van der Waals surface area (Å²) >= 11 is 1.23. The van der Waals surface area contributed by atoms with E-state index in [1.54, 1.807) is 5.38 Å². The average Bonchev–Trinajstić information content (AvgIpc) is 2.86. The van der Waals surface area contributed by atoms with Gasteiger partial charge in [-0.1, -0.05) is 0 Å². The third-order valence-corrected chi connectivity index (χ3v) is 3.47. The van der Waals surface area contributed by atoms with Crippen molar-refractivity contribution in [2.24, 2.45) is 0 Å². The van der Waals surface area contributed by atoms with E-state index in [4.69, 9.17) is 5.11 Å². The molecule has 0 radical (unpaired) electrons. The zero-order valence-electron chi connectivity index (χ0n) is 11.0. The Kier molecular flexibility index (Phi) is 4.83. The molecule has 8 heteroatoms. The van der Waals surface area contributed by atoms with Gasteiger partial charge in [0.2, 0.25) is 0 Å². The van der Waals surface area contributed by atoms with E-state index in [1.165, 1.54) is 29.8 Å². The molecule has 0 saturated heterocycles. The fourth-order valence-corrected chi connectivity index (χ4v) is 2.40. The second kappa shape index (κ2) is 6.80. The van der Waals surface area contributed by atoms with Crippen molar-refractivity contribution in [2.45, 2.75) is 19.3 Å². The van der Waals surface area contributed by atoms with Crippen molar-refractivity contribution in [3.8, 4) is 0 Å². The molecule has 0 aliphatic carbocycles. The first-order valence-corrected chi connectivity index (χ1v) is 7.09. The largest absolute Gasteiger partial charge is 0.481 e. The van der Waals surface area contributed by atoms with Gasteiger partial charge in [0, 0.05) is 30.3 Å². The number of hydrogen-bond acceptors (Lipinski definition) is 5. The minimum Gasteiger partial charge on any atom is -0.481 e. The van der Waals surface area contributed by atoms with E-state index in [0.29, 0.717) is 18.0 Å². The number of anilines is 1. The zero-order chi connectivity index (χ0) is 15.2. The molecule has 0 bridgehead atoms. The minimum atomic E-state index is -0.845. The molecular formula is C13H13N3O4S. The first-order valence-electron chi connectivity index (χ1n) is 6.21. The topological polar surface area (TPSA) is 112 Å². The van der Waals surface area contributed by atoms with Crippen LogP contribution in [0.3, 0.4) is 0 Å². The van der Waals surface area contributed by atoms with Gasteiger partial charge in [0.05, 0.1) is 5.69 Å². The molecule has 0 fully saturated rings. The normalized spacial score (nSPS) is 10.3. The Balaban J connectivity index is 1.96. The van der Waals surface area contributed by atoms with Crippen molar-refractivity contribution in [2.75, 3.05) is 5.32 Å². The molecule has 1 amide bonds. The van der Waals surface area contributed by atoms with Crippen LogP contribution in [-0.2, 0) is 11.2 Å². The second-order valence-electron chi connectivity index (χ2n) is 4.27. The lowest BCUT2D eigenvalue weighted by atomic mass is 10.2. The van der Waals surface area contributed by atoms with Crippen LogP contribution in [0.2, 0.25) is 0 Å². The molecule has 3 N–H and O–H groups in total. The first-order chi connectivity index (χ1) is 10.1. The number of nitrogens with one attached hydrogen (secondary N) is 2. The van der Waals surface area contributed by atoms with Crippen LogP contribution in [0.1, 0.15) is 28.9 Å². The van der Waals surface area contributed by atoms with E-state index in [2.05, 4.69) is 15.3 Å². The van der Waals surface area contributed by atoms with Crippen LogP contribution in [-0.4, -0.2) is 27.0 Å². The van der Waals surface area contributed by atoms with Gasteiger partial charge in [-0.2, -0.15) is 0 Å². The van der Waals surface area contributed by atoms with E-state index in [0.717, 1.165) is 5.69 Å². The molecule has 2 heterocycles. The van der Waals surface area contributed by atoms with E-state index >= 15 is 0 Å². The highest BCUT2D eigenvalue weighted by atomic mass is 32.1.